The summed E-state index contributed by atoms with van der Waals surface area (Å²) in [5, 5.41) is 11.2. The molecule has 0 saturated carbocycles. The zero-order valence-electron chi connectivity index (χ0n) is 10.1. The van der Waals surface area contributed by atoms with Crippen molar-refractivity contribution in [3.05, 3.63) is 38.9 Å². The van der Waals surface area contributed by atoms with Crippen molar-refractivity contribution in [1.82, 2.24) is 0 Å². The molecule has 1 aromatic rings. The molecule has 0 saturated heterocycles. The lowest BCUT2D eigenvalue weighted by molar-refractivity contribution is -0.385. The minimum atomic E-state index is -0.458. The molecule has 7 heteroatoms. The topological polar surface area (TPSA) is 67.9 Å². The van der Waals surface area contributed by atoms with Crippen molar-refractivity contribution in [3.8, 4) is 0 Å². The Kier molecular flexibility index (Phi) is 5.92. The third-order valence-corrected chi connectivity index (χ3v) is 3.01. The molecule has 1 heterocycles. The van der Waals surface area contributed by atoms with Gasteiger partial charge in [-0.05, 0) is 18.9 Å². The van der Waals surface area contributed by atoms with Gasteiger partial charge in [-0.25, -0.2) is 0 Å². The lowest BCUT2D eigenvalue weighted by Crippen LogP contribution is -2.00. The molecular formula is C12H13Cl2N3O2. The number of nitrogens with zero attached hydrogens (tertiary/aromatic N) is 3. The molecule has 5 nitrogen and oxygen atoms in total. The molecule has 0 bridgehead atoms. The fraction of sp³-hybridized carbons (Fsp3) is 0.333. The summed E-state index contributed by atoms with van der Waals surface area (Å²) in [7, 11) is 0. The number of nitro groups is 1. The van der Waals surface area contributed by atoms with Gasteiger partial charge in [-0.2, -0.15) is 0 Å². The molecule has 0 atom stereocenters. The van der Waals surface area contributed by atoms with Gasteiger partial charge in [-0.1, -0.05) is 17.7 Å². The SMILES string of the molecule is Cl.O=[N+]([O-])c1cccc(Cl)c1C=NCC1=NCCC1. The molecule has 0 aliphatic carbocycles. The normalized spacial score (nSPS) is 14.3. The van der Waals surface area contributed by atoms with Gasteiger partial charge in [0.2, 0.25) is 0 Å². The summed E-state index contributed by atoms with van der Waals surface area (Å²) in [5.74, 6) is 0. The van der Waals surface area contributed by atoms with Crippen molar-refractivity contribution in [2.45, 2.75) is 12.8 Å². The summed E-state index contributed by atoms with van der Waals surface area (Å²) < 4.78 is 0. The molecule has 102 valence electrons. The number of benzene rings is 1. The highest BCUT2D eigenvalue weighted by Crippen LogP contribution is 2.24. The van der Waals surface area contributed by atoms with Crippen molar-refractivity contribution < 1.29 is 4.92 Å². The first-order valence-electron chi connectivity index (χ1n) is 5.63. The van der Waals surface area contributed by atoms with Crippen LogP contribution < -0.4 is 0 Å². The predicted molar refractivity (Wildman–Crippen MR) is 79.4 cm³/mol. The van der Waals surface area contributed by atoms with E-state index in [0.717, 1.165) is 25.1 Å². The van der Waals surface area contributed by atoms with Gasteiger partial charge in [0.1, 0.15) is 0 Å². The van der Waals surface area contributed by atoms with Crippen LogP contribution in [0.2, 0.25) is 5.02 Å². The highest BCUT2D eigenvalue weighted by Gasteiger charge is 2.14. The maximum Gasteiger partial charge on any atom is 0.279 e. The Balaban J connectivity index is 0.00000180. The van der Waals surface area contributed by atoms with E-state index in [4.69, 9.17) is 11.6 Å². The first-order chi connectivity index (χ1) is 8.68. The summed E-state index contributed by atoms with van der Waals surface area (Å²) in [6, 6.07) is 4.59. The highest BCUT2D eigenvalue weighted by atomic mass is 35.5. The molecule has 0 N–H and O–H groups in total. The Morgan fingerprint density at radius 2 is 2.32 bits per heavy atom. The van der Waals surface area contributed by atoms with Crippen LogP contribution in [0.25, 0.3) is 0 Å². The molecule has 0 unspecified atom stereocenters. The van der Waals surface area contributed by atoms with Gasteiger partial charge in [0, 0.05) is 24.5 Å². The van der Waals surface area contributed by atoms with Gasteiger partial charge in [0.15, 0.2) is 0 Å². The van der Waals surface area contributed by atoms with Gasteiger partial charge < -0.3 is 0 Å². The van der Waals surface area contributed by atoms with Crippen LogP contribution in [0.1, 0.15) is 18.4 Å². The third-order valence-electron chi connectivity index (χ3n) is 2.68. The highest BCUT2D eigenvalue weighted by molar-refractivity contribution is 6.33. The second-order valence-corrected chi connectivity index (χ2v) is 4.36. The standard InChI is InChI=1S/C12H12ClN3O2.ClH/c13-11-4-1-5-12(16(17)18)10(11)8-14-7-9-3-2-6-15-9;/h1,4-5,8H,2-3,6-7H2;1H. The van der Waals surface area contributed by atoms with E-state index < -0.39 is 4.92 Å². The number of halogens is 2. The second-order valence-electron chi connectivity index (χ2n) is 3.95. The molecule has 0 radical (unpaired) electrons. The van der Waals surface area contributed by atoms with Crippen LogP contribution >= 0.6 is 24.0 Å². The van der Waals surface area contributed by atoms with Crippen molar-refractivity contribution in [3.63, 3.8) is 0 Å². The number of aliphatic imine (C=N–C) groups is 2. The smallest absolute Gasteiger partial charge is 0.279 e. The maximum atomic E-state index is 10.9. The molecule has 19 heavy (non-hydrogen) atoms. The second kappa shape index (κ2) is 7.21. The largest absolute Gasteiger partial charge is 0.292 e. The minimum absolute atomic E-state index is 0. The summed E-state index contributed by atoms with van der Waals surface area (Å²) in [5.41, 5.74) is 1.36. The maximum absolute atomic E-state index is 10.9. The Morgan fingerprint density at radius 3 is 2.95 bits per heavy atom. The quantitative estimate of drug-likeness (QED) is 0.486. The van der Waals surface area contributed by atoms with E-state index in [0.29, 0.717) is 17.1 Å². The van der Waals surface area contributed by atoms with Gasteiger partial charge in [-0.15, -0.1) is 12.4 Å². The Morgan fingerprint density at radius 1 is 1.53 bits per heavy atom. The monoisotopic (exact) mass is 301 g/mol. The Bertz CT molecular complexity index is 530. The molecule has 0 amide bonds. The fourth-order valence-corrected chi connectivity index (χ4v) is 2.00. The van der Waals surface area contributed by atoms with E-state index in [1.165, 1.54) is 12.3 Å². The summed E-state index contributed by atoms with van der Waals surface area (Å²) in [4.78, 5) is 18.9. The van der Waals surface area contributed by atoms with Crippen molar-refractivity contribution in [1.29, 1.82) is 0 Å². The van der Waals surface area contributed by atoms with Gasteiger partial charge in [0.05, 0.1) is 22.1 Å². The van der Waals surface area contributed by atoms with Crippen LogP contribution in [0.3, 0.4) is 0 Å². The zero-order valence-corrected chi connectivity index (χ0v) is 11.7. The van der Waals surface area contributed by atoms with E-state index >= 15 is 0 Å². The summed E-state index contributed by atoms with van der Waals surface area (Å²) in [6.07, 6.45) is 3.49. The molecule has 0 spiro atoms. The molecular weight excluding hydrogens is 289 g/mol. The third kappa shape index (κ3) is 4.01. The average Bonchev–Trinajstić information content (AvgIpc) is 2.84. The first-order valence-corrected chi connectivity index (χ1v) is 6.01. The van der Waals surface area contributed by atoms with E-state index in [2.05, 4.69) is 9.98 Å². The number of hydrogen-bond acceptors (Lipinski definition) is 4. The summed E-state index contributed by atoms with van der Waals surface area (Å²) >= 11 is 5.94. The molecule has 0 fully saturated rings. The first kappa shape index (κ1) is 15.6. The van der Waals surface area contributed by atoms with E-state index in [9.17, 15) is 10.1 Å². The lowest BCUT2D eigenvalue weighted by atomic mass is 10.2. The van der Waals surface area contributed by atoms with Crippen LogP contribution in [0.5, 0.6) is 0 Å². The molecule has 2 rings (SSSR count). The zero-order chi connectivity index (χ0) is 13.0. The molecule has 1 aliphatic rings. The van der Waals surface area contributed by atoms with E-state index in [1.54, 1.807) is 12.1 Å². The van der Waals surface area contributed by atoms with Crippen molar-refractivity contribution in [2.75, 3.05) is 13.1 Å². The van der Waals surface area contributed by atoms with Gasteiger partial charge in [0.25, 0.3) is 5.69 Å². The van der Waals surface area contributed by atoms with Gasteiger partial charge in [-0.3, -0.25) is 20.1 Å². The predicted octanol–water partition coefficient (Wildman–Crippen LogP) is 3.32. The van der Waals surface area contributed by atoms with Crippen LogP contribution in [0.15, 0.2) is 28.2 Å². The number of rotatable bonds is 4. The lowest BCUT2D eigenvalue weighted by Gasteiger charge is -1.99. The molecule has 1 aromatic carbocycles. The van der Waals surface area contributed by atoms with Gasteiger partial charge >= 0.3 is 0 Å². The van der Waals surface area contributed by atoms with Crippen LogP contribution in [-0.4, -0.2) is 29.9 Å². The Hall–Kier alpha value is -1.46. The van der Waals surface area contributed by atoms with Crippen LogP contribution in [0.4, 0.5) is 5.69 Å². The van der Waals surface area contributed by atoms with Crippen molar-refractivity contribution in [2.24, 2.45) is 9.98 Å². The molecule has 1 aliphatic heterocycles. The Labute approximate surface area is 122 Å². The van der Waals surface area contributed by atoms with Crippen LogP contribution in [0, 0.1) is 10.1 Å². The average molecular weight is 302 g/mol. The van der Waals surface area contributed by atoms with Crippen molar-refractivity contribution >= 4 is 41.6 Å². The minimum Gasteiger partial charge on any atom is -0.292 e. The summed E-state index contributed by atoms with van der Waals surface area (Å²) in [6.45, 7) is 1.35. The fourth-order valence-electron chi connectivity index (χ4n) is 1.78. The van der Waals surface area contributed by atoms with Crippen LogP contribution in [-0.2, 0) is 0 Å². The number of hydrogen-bond donors (Lipinski definition) is 0. The van der Waals surface area contributed by atoms with E-state index in [-0.39, 0.29) is 18.1 Å². The molecule has 0 aromatic heterocycles. The van der Waals surface area contributed by atoms with E-state index in [1.807, 2.05) is 0 Å². The number of nitro benzene ring substituents is 1.